The molecule has 1 amide bonds. The summed E-state index contributed by atoms with van der Waals surface area (Å²) in [5, 5.41) is 13.4. The van der Waals surface area contributed by atoms with E-state index in [0.717, 1.165) is 17.0 Å². The van der Waals surface area contributed by atoms with Gasteiger partial charge in [-0.1, -0.05) is 42.1 Å². The third kappa shape index (κ3) is 5.50. The Morgan fingerprint density at radius 2 is 1.88 bits per heavy atom. The fraction of sp³-hybridized carbons (Fsp3) is 0.167. The van der Waals surface area contributed by atoms with Gasteiger partial charge in [-0.2, -0.15) is 5.10 Å². The van der Waals surface area contributed by atoms with Crippen LogP contribution in [0.2, 0.25) is 0 Å². The Bertz CT molecular complexity index is 1220. The van der Waals surface area contributed by atoms with Gasteiger partial charge in [-0.05, 0) is 50.2 Å². The van der Waals surface area contributed by atoms with E-state index in [4.69, 9.17) is 9.15 Å². The zero-order valence-electron chi connectivity index (χ0n) is 18.3. The van der Waals surface area contributed by atoms with Crippen molar-refractivity contribution in [2.45, 2.75) is 19.0 Å². The summed E-state index contributed by atoms with van der Waals surface area (Å²) in [6, 6.07) is 21.1. The number of benzene rings is 2. The highest BCUT2D eigenvalue weighted by atomic mass is 32.2. The van der Waals surface area contributed by atoms with Crippen LogP contribution in [0.4, 0.5) is 0 Å². The molecular formula is C24H23N5O3S. The second-order valence-corrected chi connectivity index (χ2v) is 7.88. The molecular weight excluding hydrogens is 438 g/mol. The van der Waals surface area contributed by atoms with Gasteiger partial charge in [0.25, 0.3) is 5.91 Å². The standard InChI is InChI=1S/C24H23N5O3S/c1-3-31-20-13-11-19(12-14-20)29-23(18-8-5-4-6-9-18)27-28-24(29)33-16-22(30)26-25-17(2)21-10-7-15-32-21/h4-15H,3,16H2,1-2H3,(H,26,30). The maximum Gasteiger partial charge on any atom is 0.250 e. The second-order valence-electron chi connectivity index (χ2n) is 6.93. The first kappa shape index (κ1) is 22.3. The molecule has 0 aliphatic carbocycles. The van der Waals surface area contributed by atoms with Gasteiger partial charge in [0, 0.05) is 11.3 Å². The van der Waals surface area contributed by atoms with Crippen molar-refractivity contribution in [1.29, 1.82) is 0 Å². The van der Waals surface area contributed by atoms with Gasteiger partial charge in [0.15, 0.2) is 11.0 Å². The van der Waals surface area contributed by atoms with Gasteiger partial charge in [-0.15, -0.1) is 10.2 Å². The number of nitrogens with one attached hydrogen (secondary N) is 1. The summed E-state index contributed by atoms with van der Waals surface area (Å²) in [7, 11) is 0. The molecule has 0 saturated carbocycles. The Kier molecular flexibility index (Phi) is 7.21. The molecule has 2 heterocycles. The summed E-state index contributed by atoms with van der Waals surface area (Å²) in [6.07, 6.45) is 1.56. The van der Waals surface area contributed by atoms with Gasteiger partial charge in [0.05, 0.1) is 18.6 Å². The number of hydrazone groups is 1. The van der Waals surface area contributed by atoms with E-state index in [-0.39, 0.29) is 11.7 Å². The Morgan fingerprint density at radius 1 is 1.09 bits per heavy atom. The number of aromatic nitrogens is 3. The Labute approximate surface area is 195 Å². The fourth-order valence-electron chi connectivity index (χ4n) is 3.08. The molecule has 0 fully saturated rings. The Morgan fingerprint density at radius 3 is 2.58 bits per heavy atom. The normalized spacial score (nSPS) is 11.4. The molecule has 0 radical (unpaired) electrons. The summed E-state index contributed by atoms with van der Waals surface area (Å²) in [4.78, 5) is 12.4. The van der Waals surface area contributed by atoms with Crippen molar-refractivity contribution in [3.05, 3.63) is 78.8 Å². The molecule has 33 heavy (non-hydrogen) atoms. The SMILES string of the molecule is CCOc1ccc(-n2c(SCC(=O)NN=C(C)c3ccco3)nnc2-c2ccccc2)cc1. The van der Waals surface area contributed by atoms with Gasteiger partial charge in [0.1, 0.15) is 17.2 Å². The Balaban J connectivity index is 1.54. The number of hydrogen-bond donors (Lipinski definition) is 1. The molecule has 4 aromatic rings. The Hall–Kier alpha value is -3.85. The first-order valence-electron chi connectivity index (χ1n) is 10.4. The van der Waals surface area contributed by atoms with E-state index in [1.165, 1.54) is 11.8 Å². The van der Waals surface area contributed by atoms with Gasteiger partial charge in [-0.25, -0.2) is 5.43 Å². The van der Waals surface area contributed by atoms with Crippen LogP contribution in [0.1, 0.15) is 19.6 Å². The van der Waals surface area contributed by atoms with E-state index in [9.17, 15) is 4.79 Å². The topological polar surface area (TPSA) is 94.5 Å². The number of furan rings is 1. The summed E-state index contributed by atoms with van der Waals surface area (Å²) >= 11 is 1.28. The van der Waals surface area contributed by atoms with Gasteiger partial charge in [-0.3, -0.25) is 9.36 Å². The number of hydrogen-bond acceptors (Lipinski definition) is 7. The number of carbonyl (C=O) groups excluding carboxylic acids is 1. The van der Waals surface area contributed by atoms with Crippen LogP contribution < -0.4 is 10.2 Å². The maximum atomic E-state index is 12.4. The van der Waals surface area contributed by atoms with Crippen LogP contribution in [0.5, 0.6) is 5.75 Å². The lowest BCUT2D eigenvalue weighted by Crippen LogP contribution is -2.21. The first-order valence-corrected chi connectivity index (χ1v) is 11.4. The minimum atomic E-state index is -0.256. The fourth-order valence-corrected chi connectivity index (χ4v) is 3.82. The monoisotopic (exact) mass is 461 g/mol. The van der Waals surface area contributed by atoms with Crippen molar-refractivity contribution in [3.63, 3.8) is 0 Å². The van der Waals surface area contributed by atoms with E-state index in [1.807, 2.05) is 66.1 Å². The average molecular weight is 462 g/mol. The zero-order valence-corrected chi connectivity index (χ0v) is 19.1. The van der Waals surface area contributed by atoms with Crippen LogP contribution in [-0.2, 0) is 4.79 Å². The van der Waals surface area contributed by atoms with Crippen molar-refractivity contribution in [2.24, 2.45) is 5.10 Å². The number of rotatable bonds is 9. The van der Waals surface area contributed by atoms with Crippen LogP contribution in [0.15, 0.2) is 87.7 Å². The molecule has 2 aromatic carbocycles. The number of nitrogens with zero attached hydrogens (tertiary/aromatic N) is 4. The highest BCUT2D eigenvalue weighted by Crippen LogP contribution is 2.28. The van der Waals surface area contributed by atoms with Crippen LogP contribution in [0, 0.1) is 0 Å². The van der Waals surface area contributed by atoms with Crippen LogP contribution in [0.25, 0.3) is 17.1 Å². The first-order chi connectivity index (χ1) is 16.2. The van der Waals surface area contributed by atoms with Crippen molar-refractivity contribution >= 4 is 23.4 Å². The molecule has 0 saturated heterocycles. The van der Waals surface area contributed by atoms with Gasteiger partial charge < -0.3 is 9.15 Å². The molecule has 0 unspecified atom stereocenters. The molecule has 1 N–H and O–H groups in total. The van der Waals surface area contributed by atoms with E-state index in [2.05, 4.69) is 20.7 Å². The molecule has 0 bridgehead atoms. The van der Waals surface area contributed by atoms with E-state index in [0.29, 0.717) is 29.1 Å². The van der Waals surface area contributed by atoms with Crippen LogP contribution >= 0.6 is 11.8 Å². The van der Waals surface area contributed by atoms with Gasteiger partial charge in [0.2, 0.25) is 0 Å². The zero-order chi connectivity index (χ0) is 23.0. The molecule has 9 heteroatoms. The number of carbonyl (C=O) groups is 1. The lowest BCUT2D eigenvalue weighted by Gasteiger charge is -2.11. The third-order valence-corrected chi connectivity index (χ3v) is 5.56. The van der Waals surface area contributed by atoms with E-state index >= 15 is 0 Å². The maximum absolute atomic E-state index is 12.4. The number of amides is 1. The molecule has 4 rings (SSSR count). The highest BCUT2D eigenvalue weighted by Gasteiger charge is 2.17. The average Bonchev–Trinajstić information content (AvgIpc) is 3.53. The van der Waals surface area contributed by atoms with Crippen molar-refractivity contribution in [1.82, 2.24) is 20.2 Å². The minimum absolute atomic E-state index is 0.124. The highest BCUT2D eigenvalue weighted by molar-refractivity contribution is 7.99. The lowest BCUT2D eigenvalue weighted by atomic mass is 10.2. The van der Waals surface area contributed by atoms with Crippen LogP contribution in [-0.4, -0.2) is 38.7 Å². The molecule has 8 nitrogen and oxygen atoms in total. The van der Waals surface area contributed by atoms with Crippen molar-refractivity contribution in [3.8, 4) is 22.8 Å². The smallest absolute Gasteiger partial charge is 0.250 e. The summed E-state index contributed by atoms with van der Waals surface area (Å²) in [6.45, 7) is 4.31. The quantitative estimate of drug-likeness (QED) is 0.223. The molecule has 168 valence electrons. The minimum Gasteiger partial charge on any atom is -0.494 e. The molecule has 0 aliphatic rings. The molecule has 0 aliphatic heterocycles. The number of ether oxygens (including phenoxy) is 1. The predicted molar refractivity (Wildman–Crippen MR) is 128 cm³/mol. The summed E-state index contributed by atoms with van der Waals surface area (Å²) < 4.78 is 12.8. The van der Waals surface area contributed by atoms with Crippen LogP contribution in [0.3, 0.4) is 0 Å². The third-order valence-electron chi connectivity index (χ3n) is 4.63. The number of thioether (sulfide) groups is 1. The van der Waals surface area contributed by atoms with E-state index < -0.39 is 0 Å². The summed E-state index contributed by atoms with van der Waals surface area (Å²) in [5.74, 6) is 1.95. The van der Waals surface area contributed by atoms with Crippen molar-refractivity contribution < 1.29 is 13.9 Å². The predicted octanol–water partition coefficient (Wildman–Crippen LogP) is 4.56. The van der Waals surface area contributed by atoms with Crippen molar-refractivity contribution in [2.75, 3.05) is 12.4 Å². The molecule has 0 atom stereocenters. The largest absolute Gasteiger partial charge is 0.494 e. The lowest BCUT2D eigenvalue weighted by molar-refractivity contribution is -0.118. The molecule has 0 spiro atoms. The second kappa shape index (κ2) is 10.6. The van der Waals surface area contributed by atoms with Gasteiger partial charge >= 0.3 is 0 Å². The molecule has 2 aromatic heterocycles. The van der Waals surface area contributed by atoms with E-state index in [1.54, 1.807) is 25.3 Å². The summed E-state index contributed by atoms with van der Waals surface area (Å²) in [5.41, 5.74) is 4.94.